The van der Waals surface area contributed by atoms with Crippen molar-refractivity contribution in [3.63, 3.8) is 0 Å². The Hall–Kier alpha value is -1.14. The average Bonchev–Trinajstić information content (AvgIpc) is 2.44. The molecular weight excluding hydrogens is 276 g/mol. The second-order valence-electron chi connectivity index (χ2n) is 5.96. The number of aliphatic hydroxyl groups excluding tert-OH is 1. The first-order valence-corrected chi connectivity index (χ1v) is 7.17. The van der Waals surface area contributed by atoms with Crippen molar-refractivity contribution in [1.82, 2.24) is 0 Å². The molecule has 0 fully saturated rings. The van der Waals surface area contributed by atoms with Crippen LogP contribution in [0.2, 0.25) is 0 Å². The Morgan fingerprint density at radius 1 is 1.00 bits per heavy atom. The van der Waals surface area contributed by atoms with Crippen molar-refractivity contribution in [2.24, 2.45) is 10.8 Å². The number of hydrogen-bond acceptors (Lipinski definition) is 6. The van der Waals surface area contributed by atoms with Crippen LogP contribution in [0.1, 0.15) is 40.5 Å². The van der Waals surface area contributed by atoms with Gasteiger partial charge < -0.3 is 19.3 Å². The molecule has 0 saturated heterocycles. The Bertz CT molecular complexity index is 339. The molecule has 0 aliphatic rings. The van der Waals surface area contributed by atoms with Crippen molar-refractivity contribution in [2.45, 2.75) is 40.5 Å². The first kappa shape index (κ1) is 19.9. The Kier molecular flexibility index (Phi) is 8.51. The highest BCUT2D eigenvalue weighted by atomic mass is 16.6. The van der Waals surface area contributed by atoms with Crippen molar-refractivity contribution < 1.29 is 28.9 Å². The van der Waals surface area contributed by atoms with Crippen LogP contribution < -0.4 is 0 Å². The molecule has 0 radical (unpaired) electrons. The first-order valence-electron chi connectivity index (χ1n) is 7.17. The second-order valence-corrected chi connectivity index (χ2v) is 5.96. The van der Waals surface area contributed by atoms with E-state index in [-0.39, 0.29) is 25.8 Å². The highest BCUT2D eigenvalue weighted by Crippen LogP contribution is 2.38. The molecule has 0 rings (SSSR count). The fourth-order valence-corrected chi connectivity index (χ4v) is 2.11. The van der Waals surface area contributed by atoms with Gasteiger partial charge in [0.2, 0.25) is 0 Å². The molecule has 0 aliphatic carbocycles. The smallest absolute Gasteiger partial charge is 0.311 e. The standard InChI is InChI=1S/C15H28O6/c1-6-15(4,13(18)21-10-9-19-5)11-14(2,3)12(17)20-8-7-16/h16H,6-11H2,1-5H3. The van der Waals surface area contributed by atoms with E-state index in [1.54, 1.807) is 20.8 Å². The maximum absolute atomic E-state index is 12.2. The van der Waals surface area contributed by atoms with Crippen LogP contribution in [0.15, 0.2) is 0 Å². The molecule has 1 N–H and O–H groups in total. The molecule has 0 bridgehead atoms. The first-order chi connectivity index (χ1) is 9.73. The van der Waals surface area contributed by atoms with Crippen molar-refractivity contribution in [2.75, 3.05) is 33.5 Å². The van der Waals surface area contributed by atoms with Crippen LogP contribution >= 0.6 is 0 Å². The number of rotatable bonds is 10. The minimum absolute atomic E-state index is 0.0383. The average molecular weight is 304 g/mol. The number of ether oxygens (including phenoxy) is 3. The predicted octanol–water partition coefficient (Wildman–Crippen LogP) is 1.54. The third-order valence-corrected chi connectivity index (χ3v) is 3.50. The summed E-state index contributed by atoms with van der Waals surface area (Å²) in [6.07, 6.45) is 0.863. The third-order valence-electron chi connectivity index (χ3n) is 3.50. The van der Waals surface area contributed by atoms with E-state index in [4.69, 9.17) is 19.3 Å². The van der Waals surface area contributed by atoms with Crippen LogP contribution in [0.5, 0.6) is 0 Å². The van der Waals surface area contributed by atoms with Crippen LogP contribution in [0, 0.1) is 10.8 Å². The van der Waals surface area contributed by atoms with Gasteiger partial charge in [-0.2, -0.15) is 0 Å². The topological polar surface area (TPSA) is 82.1 Å². The maximum Gasteiger partial charge on any atom is 0.311 e. The Labute approximate surface area is 126 Å². The van der Waals surface area contributed by atoms with Crippen molar-refractivity contribution >= 4 is 11.9 Å². The number of methoxy groups -OCH3 is 1. The predicted molar refractivity (Wildman–Crippen MR) is 77.7 cm³/mol. The fraction of sp³-hybridized carbons (Fsp3) is 0.867. The van der Waals surface area contributed by atoms with Gasteiger partial charge in [-0.3, -0.25) is 9.59 Å². The summed E-state index contributed by atoms with van der Waals surface area (Å²) in [5.41, 5.74) is -1.60. The molecule has 0 heterocycles. The molecule has 0 aromatic heterocycles. The quantitative estimate of drug-likeness (QED) is 0.487. The van der Waals surface area contributed by atoms with Crippen molar-refractivity contribution in [3.8, 4) is 0 Å². The van der Waals surface area contributed by atoms with E-state index in [1.807, 2.05) is 6.92 Å². The summed E-state index contributed by atoms with van der Waals surface area (Å²) >= 11 is 0. The molecule has 0 spiro atoms. The summed E-state index contributed by atoms with van der Waals surface area (Å²) in [6.45, 7) is 7.39. The number of carbonyl (C=O) groups excluding carboxylic acids is 2. The molecule has 0 aromatic carbocycles. The summed E-state index contributed by atoms with van der Waals surface area (Å²) in [7, 11) is 1.53. The molecule has 124 valence electrons. The van der Waals surface area contributed by atoms with Gasteiger partial charge in [-0.25, -0.2) is 0 Å². The summed E-state index contributed by atoms with van der Waals surface area (Å²) in [4.78, 5) is 24.2. The molecule has 0 aromatic rings. The van der Waals surface area contributed by atoms with E-state index in [2.05, 4.69) is 0 Å². The van der Waals surface area contributed by atoms with E-state index >= 15 is 0 Å². The monoisotopic (exact) mass is 304 g/mol. The molecular formula is C15H28O6. The molecule has 0 amide bonds. The lowest BCUT2D eigenvalue weighted by Crippen LogP contribution is -2.39. The Balaban J connectivity index is 4.76. The minimum Gasteiger partial charge on any atom is -0.463 e. The van der Waals surface area contributed by atoms with Gasteiger partial charge in [0.05, 0.1) is 24.0 Å². The molecule has 1 unspecified atom stereocenters. The molecule has 1 atom stereocenters. The molecule has 21 heavy (non-hydrogen) atoms. The lowest BCUT2D eigenvalue weighted by atomic mass is 9.72. The summed E-state index contributed by atoms with van der Waals surface area (Å²) in [6, 6.07) is 0. The number of hydrogen-bond donors (Lipinski definition) is 1. The van der Waals surface area contributed by atoms with E-state index in [0.29, 0.717) is 19.4 Å². The zero-order valence-corrected chi connectivity index (χ0v) is 13.7. The summed E-state index contributed by atoms with van der Waals surface area (Å²) in [5, 5.41) is 8.71. The zero-order valence-electron chi connectivity index (χ0n) is 13.7. The van der Waals surface area contributed by atoms with E-state index in [9.17, 15) is 9.59 Å². The van der Waals surface area contributed by atoms with Gasteiger partial charge in [-0.15, -0.1) is 0 Å². The lowest BCUT2D eigenvalue weighted by Gasteiger charge is -2.33. The van der Waals surface area contributed by atoms with Gasteiger partial charge in [0, 0.05) is 7.11 Å². The van der Waals surface area contributed by atoms with Gasteiger partial charge in [-0.05, 0) is 33.6 Å². The Morgan fingerprint density at radius 3 is 2.05 bits per heavy atom. The van der Waals surface area contributed by atoms with Crippen LogP contribution in [-0.4, -0.2) is 50.6 Å². The van der Waals surface area contributed by atoms with Crippen LogP contribution in [0.3, 0.4) is 0 Å². The van der Waals surface area contributed by atoms with Crippen LogP contribution in [-0.2, 0) is 23.8 Å². The van der Waals surface area contributed by atoms with Gasteiger partial charge in [0.25, 0.3) is 0 Å². The van der Waals surface area contributed by atoms with Crippen molar-refractivity contribution in [1.29, 1.82) is 0 Å². The lowest BCUT2D eigenvalue weighted by molar-refractivity contribution is -0.164. The molecule has 0 saturated carbocycles. The van der Waals surface area contributed by atoms with Gasteiger partial charge in [-0.1, -0.05) is 6.92 Å². The van der Waals surface area contributed by atoms with E-state index < -0.39 is 16.8 Å². The molecule has 0 aliphatic heterocycles. The summed E-state index contributed by atoms with van der Waals surface area (Å²) in [5.74, 6) is -0.772. The highest BCUT2D eigenvalue weighted by molar-refractivity contribution is 5.80. The molecule has 6 heteroatoms. The zero-order chi connectivity index (χ0) is 16.5. The Morgan fingerprint density at radius 2 is 1.57 bits per heavy atom. The fourth-order valence-electron chi connectivity index (χ4n) is 2.11. The minimum atomic E-state index is -0.833. The number of esters is 2. The van der Waals surface area contributed by atoms with E-state index in [0.717, 1.165) is 0 Å². The number of carbonyl (C=O) groups is 2. The van der Waals surface area contributed by atoms with E-state index in [1.165, 1.54) is 7.11 Å². The largest absolute Gasteiger partial charge is 0.463 e. The van der Waals surface area contributed by atoms with Gasteiger partial charge in [0.15, 0.2) is 0 Å². The van der Waals surface area contributed by atoms with Gasteiger partial charge in [0.1, 0.15) is 13.2 Å². The normalized spacial score (nSPS) is 14.4. The maximum atomic E-state index is 12.2. The summed E-state index contributed by atoms with van der Waals surface area (Å²) < 4.78 is 15.0. The second kappa shape index (κ2) is 9.00. The SMILES string of the molecule is CCC(C)(CC(C)(C)C(=O)OCCO)C(=O)OCCOC. The highest BCUT2D eigenvalue weighted by Gasteiger charge is 2.42. The molecule has 6 nitrogen and oxygen atoms in total. The van der Waals surface area contributed by atoms with Crippen molar-refractivity contribution in [3.05, 3.63) is 0 Å². The van der Waals surface area contributed by atoms with Crippen LogP contribution in [0.4, 0.5) is 0 Å². The van der Waals surface area contributed by atoms with Crippen LogP contribution in [0.25, 0.3) is 0 Å². The third kappa shape index (κ3) is 6.44. The van der Waals surface area contributed by atoms with Gasteiger partial charge >= 0.3 is 11.9 Å². The number of aliphatic hydroxyl groups is 1.